The van der Waals surface area contributed by atoms with Gasteiger partial charge in [0, 0.05) is 32.0 Å². The Morgan fingerprint density at radius 3 is 2.67 bits per heavy atom. The van der Waals surface area contributed by atoms with Crippen LogP contribution in [0.25, 0.3) is 0 Å². The summed E-state index contributed by atoms with van der Waals surface area (Å²) in [7, 11) is 1.46. The highest BCUT2D eigenvalue weighted by Gasteiger charge is 2.22. The zero-order chi connectivity index (χ0) is 13.7. The number of nitrogens with zero attached hydrogens (tertiary/aromatic N) is 3. The number of hydrogen-bond acceptors (Lipinski definition) is 3. The molecule has 2 unspecified atom stereocenters. The summed E-state index contributed by atoms with van der Waals surface area (Å²) in [5.74, 6) is -1.03. The van der Waals surface area contributed by atoms with Crippen molar-refractivity contribution in [1.82, 2.24) is 19.8 Å². The molecule has 2 N–H and O–H groups in total. The van der Waals surface area contributed by atoms with Gasteiger partial charge in [0.1, 0.15) is 6.04 Å². The van der Waals surface area contributed by atoms with E-state index in [4.69, 9.17) is 5.11 Å². The van der Waals surface area contributed by atoms with Gasteiger partial charge in [-0.25, -0.2) is 14.6 Å². The Morgan fingerprint density at radius 1 is 1.50 bits per heavy atom. The minimum absolute atomic E-state index is 0.116. The van der Waals surface area contributed by atoms with Crippen LogP contribution in [-0.4, -0.2) is 50.7 Å². The number of likely N-dealkylation sites (N-methyl/N-ethyl adjacent to an activating group) is 1. The number of hydrogen-bond donors (Lipinski definition) is 2. The van der Waals surface area contributed by atoms with Crippen molar-refractivity contribution in [2.45, 2.75) is 32.5 Å². The summed E-state index contributed by atoms with van der Waals surface area (Å²) in [5, 5.41) is 11.5. The van der Waals surface area contributed by atoms with Crippen molar-refractivity contribution < 1.29 is 14.7 Å². The topological polar surface area (TPSA) is 87.5 Å². The minimum atomic E-state index is -1.03. The largest absolute Gasteiger partial charge is 0.480 e. The van der Waals surface area contributed by atoms with Gasteiger partial charge in [0.15, 0.2) is 0 Å². The average molecular weight is 254 g/mol. The van der Waals surface area contributed by atoms with Crippen LogP contribution in [0.15, 0.2) is 18.7 Å². The summed E-state index contributed by atoms with van der Waals surface area (Å²) in [4.78, 5) is 27.6. The third-order valence-corrected chi connectivity index (χ3v) is 2.67. The lowest BCUT2D eigenvalue weighted by atomic mass is 10.3. The van der Waals surface area contributed by atoms with E-state index in [9.17, 15) is 9.59 Å². The molecule has 0 aliphatic rings. The van der Waals surface area contributed by atoms with E-state index in [1.54, 1.807) is 18.7 Å². The number of urea groups is 1. The molecule has 0 radical (unpaired) electrons. The third kappa shape index (κ3) is 3.76. The van der Waals surface area contributed by atoms with E-state index in [-0.39, 0.29) is 6.04 Å². The van der Waals surface area contributed by atoms with E-state index >= 15 is 0 Å². The molecular weight excluding hydrogens is 236 g/mol. The number of carbonyl (C=O) groups excluding carboxylic acids is 1. The van der Waals surface area contributed by atoms with E-state index in [0.29, 0.717) is 6.54 Å². The van der Waals surface area contributed by atoms with Crippen molar-refractivity contribution in [1.29, 1.82) is 0 Å². The Balaban J connectivity index is 2.46. The second-order valence-electron chi connectivity index (χ2n) is 4.24. The maximum atomic E-state index is 11.8. The van der Waals surface area contributed by atoms with Crippen molar-refractivity contribution in [3.63, 3.8) is 0 Å². The first kappa shape index (κ1) is 14.0. The lowest BCUT2D eigenvalue weighted by Gasteiger charge is -2.24. The number of carbonyl (C=O) groups is 2. The summed E-state index contributed by atoms with van der Waals surface area (Å²) in [5.41, 5.74) is 0. The quantitative estimate of drug-likeness (QED) is 0.795. The Hall–Kier alpha value is -2.05. The molecular formula is C11H18N4O3. The van der Waals surface area contributed by atoms with Crippen molar-refractivity contribution >= 4 is 12.0 Å². The second-order valence-corrected chi connectivity index (χ2v) is 4.24. The molecule has 1 rings (SSSR count). The van der Waals surface area contributed by atoms with Crippen molar-refractivity contribution in [2.24, 2.45) is 0 Å². The minimum Gasteiger partial charge on any atom is -0.480 e. The number of amides is 2. The number of carboxylic acid groups (broad SMARTS) is 1. The van der Waals surface area contributed by atoms with Gasteiger partial charge >= 0.3 is 12.0 Å². The van der Waals surface area contributed by atoms with Crippen LogP contribution in [0.4, 0.5) is 4.79 Å². The molecule has 0 aliphatic heterocycles. The molecule has 1 heterocycles. The van der Waals surface area contributed by atoms with Crippen LogP contribution in [0.1, 0.15) is 13.8 Å². The molecule has 0 saturated heterocycles. The normalized spacial score (nSPS) is 13.7. The van der Waals surface area contributed by atoms with Crippen LogP contribution in [0, 0.1) is 0 Å². The summed E-state index contributed by atoms with van der Waals surface area (Å²) in [6, 6.07) is -1.38. The Bertz CT molecular complexity index is 404. The van der Waals surface area contributed by atoms with Gasteiger partial charge in [-0.1, -0.05) is 0 Å². The van der Waals surface area contributed by atoms with Gasteiger partial charge in [0.2, 0.25) is 0 Å². The van der Waals surface area contributed by atoms with Gasteiger partial charge in [0.25, 0.3) is 0 Å². The van der Waals surface area contributed by atoms with Gasteiger partial charge in [0.05, 0.1) is 6.33 Å². The van der Waals surface area contributed by atoms with E-state index in [1.165, 1.54) is 14.0 Å². The molecule has 2 amide bonds. The van der Waals surface area contributed by atoms with Crippen LogP contribution >= 0.6 is 0 Å². The molecule has 1 aromatic rings. The number of aliphatic carboxylic acids is 1. The molecule has 0 aromatic carbocycles. The van der Waals surface area contributed by atoms with Crippen molar-refractivity contribution in [2.75, 3.05) is 7.05 Å². The number of aromatic nitrogens is 2. The summed E-state index contributed by atoms with van der Waals surface area (Å²) in [6.07, 6.45) is 5.12. The van der Waals surface area contributed by atoms with E-state index in [2.05, 4.69) is 10.3 Å². The molecule has 0 spiro atoms. The number of carboxylic acids is 1. The molecule has 7 nitrogen and oxygen atoms in total. The molecule has 2 atom stereocenters. The monoisotopic (exact) mass is 254 g/mol. The molecule has 0 saturated carbocycles. The van der Waals surface area contributed by atoms with Crippen molar-refractivity contribution in [3.05, 3.63) is 18.7 Å². The van der Waals surface area contributed by atoms with E-state index in [1.807, 2.05) is 11.5 Å². The SMILES string of the molecule is CC(Cn1ccnc1)NC(=O)N(C)C(C)C(=O)O. The second kappa shape index (κ2) is 6.04. The fourth-order valence-electron chi connectivity index (χ4n) is 1.41. The fraction of sp³-hybridized carbons (Fsp3) is 0.545. The third-order valence-electron chi connectivity index (χ3n) is 2.67. The van der Waals surface area contributed by atoms with Crippen LogP contribution < -0.4 is 5.32 Å². The standard InChI is InChI=1S/C11H18N4O3/c1-8(6-15-5-4-12-7-15)13-11(18)14(3)9(2)10(16)17/h4-5,7-9H,6H2,1-3H3,(H,13,18)(H,16,17). The first-order chi connectivity index (χ1) is 8.41. The molecule has 0 fully saturated rings. The van der Waals surface area contributed by atoms with Crippen LogP contribution in [-0.2, 0) is 11.3 Å². The lowest BCUT2D eigenvalue weighted by Crippen LogP contribution is -2.49. The highest BCUT2D eigenvalue weighted by atomic mass is 16.4. The predicted molar refractivity (Wildman–Crippen MR) is 65.1 cm³/mol. The van der Waals surface area contributed by atoms with Gasteiger partial charge < -0.3 is 19.9 Å². The lowest BCUT2D eigenvalue weighted by molar-refractivity contribution is -0.141. The summed E-state index contributed by atoms with van der Waals surface area (Å²) in [6.45, 7) is 3.89. The summed E-state index contributed by atoms with van der Waals surface area (Å²) < 4.78 is 1.84. The van der Waals surface area contributed by atoms with Crippen LogP contribution in [0.2, 0.25) is 0 Å². The Morgan fingerprint density at radius 2 is 2.17 bits per heavy atom. The predicted octanol–water partition coefficient (Wildman–Crippen LogP) is 0.386. The highest BCUT2D eigenvalue weighted by molar-refractivity contribution is 5.82. The Labute approximate surface area is 105 Å². The van der Waals surface area contributed by atoms with Gasteiger partial charge in [-0.2, -0.15) is 0 Å². The zero-order valence-electron chi connectivity index (χ0n) is 10.7. The molecule has 7 heteroatoms. The van der Waals surface area contributed by atoms with Gasteiger partial charge in [-0.05, 0) is 13.8 Å². The zero-order valence-corrected chi connectivity index (χ0v) is 10.7. The van der Waals surface area contributed by atoms with Gasteiger partial charge in [-0.15, -0.1) is 0 Å². The number of imidazole rings is 1. The highest BCUT2D eigenvalue weighted by Crippen LogP contribution is 1.98. The molecule has 100 valence electrons. The maximum absolute atomic E-state index is 11.8. The van der Waals surface area contributed by atoms with Gasteiger partial charge in [-0.3, -0.25) is 0 Å². The number of nitrogens with one attached hydrogen (secondary N) is 1. The smallest absolute Gasteiger partial charge is 0.326 e. The van der Waals surface area contributed by atoms with Crippen LogP contribution in [0.3, 0.4) is 0 Å². The van der Waals surface area contributed by atoms with Crippen molar-refractivity contribution in [3.8, 4) is 0 Å². The maximum Gasteiger partial charge on any atom is 0.326 e. The fourth-order valence-corrected chi connectivity index (χ4v) is 1.41. The molecule has 0 aliphatic carbocycles. The Kier molecular flexibility index (Phi) is 4.70. The number of rotatable bonds is 5. The summed E-state index contributed by atoms with van der Waals surface area (Å²) >= 11 is 0. The molecule has 0 bridgehead atoms. The first-order valence-electron chi connectivity index (χ1n) is 5.63. The van der Waals surface area contributed by atoms with Crippen LogP contribution in [0.5, 0.6) is 0 Å². The van der Waals surface area contributed by atoms with E-state index in [0.717, 1.165) is 4.90 Å². The molecule has 1 aromatic heterocycles. The first-order valence-corrected chi connectivity index (χ1v) is 5.63. The van der Waals surface area contributed by atoms with E-state index < -0.39 is 18.0 Å². The molecule has 18 heavy (non-hydrogen) atoms. The average Bonchev–Trinajstić information content (AvgIpc) is 2.79.